The normalized spacial score (nSPS) is 10.9. The fourth-order valence-corrected chi connectivity index (χ4v) is 3.51. The first-order valence-corrected chi connectivity index (χ1v) is 10.6. The summed E-state index contributed by atoms with van der Waals surface area (Å²) in [5.41, 5.74) is 3.97. The highest BCUT2D eigenvalue weighted by Crippen LogP contribution is 2.23. The molecule has 0 aliphatic heterocycles. The molecule has 2 aromatic carbocycles. The van der Waals surface area contributed by atoms with Gasteiger partial charge in [0.2, 0.25) is 0 Å². The molecule has 0 atom stereocenters. The number of carbonyl (C=O) groups is 1. The summed E-state index contributed by atoms with van der Waals surface area (Å²) in [7, 11) is 0. The van der Waals surface area contributed by atoms with Gasteiger partial charge in [-0.3, -0.25) is 9.48 Å². The van der Waals surface area contributed by atoms with Crippen molar-refractivity contribution in [2.45, 2.75) is 33.9 Å². The average Bonchev–Trinajstić information content (AvgIpc) is 3.36. The maximum atomic E-state index is 13.2. The number of ether oxygens (including phenoxy) is 1. The van der Waals surface area contributed by atoms with E-state index < -0.39 is 11.7 Å². The Labute approximate surface area is 195 Å². The molecule has 1 amide bonds. The third kappa shape index (κ3) is 5.23. The second kappa shape index (κ2) is 9.46. The number of halogens is 2. The van der Waals surface area contributed by atoms with E-state index in [4.69, 9.17) is 20.9 Å². The van der Waals surface area contributed by atoms with Crippen LogP contribution in [0.1, 0.15) is 38.5 Å². The third-order valence-corrected chi connectivity index (χ3v) is 5.51. The molecule has 9 heteroatoms. The molecule has 0 fully saturated rings. The molecule has 0 unspecified atom stereocenters. The van der Waals surface area contributed by atoms with E-state index in [9.17, 15) is 9.18 Å². The first-order valence-electron chi connectivity index (χ1n) is 10.2. The summed E-state index contributed by atoms with van der Waals surface area (Å²) in [6.07, 6.45) is 3.16. The van der Waals surface area contributed by atoms with Gasteiger partial charge in [0.05, 0.1) is 24.0 Å². The lowest BCUT2D eigenvalue weighted by Crippen LogP contribution is -2.15. The predicted molar refractivity (Wildman–Crippen MR) is 122 cm³/mol. The van der Waals surface area contributed by atoms with Gasteiger partial charge in [0, 0.05) is 11.2 Å². The van der Waals surface area contributed by atoms with Crippen LogP contribution in [0.5, 0.6) is 5.75 Å². The van der Waals surface area contributed by atoms with Gasteiger partial charge in [0.15, 0.2) is 5.69 Å². The number of aromatic nitrogens is 3. The van der Waals surface area contributed by atoms with Gasteiger partial charge >= 0.3 is 0 Å². The predicted octanol–water partition coefficient (Wildman–Crippen LogP) is 5.47. The quantitative estimate of drug-likeness (QED) is 0.389. The van der Waals surface area contributed by atoms with Crippen molar-refractivity contribution < 1.29 is 18.4 Å². The zero-order valence-corrected chi connectivity index (χ0v) is 19.1. The molecule has 170 valence electrons. The Bertz CT molecular complexity index is 1320. The van der Waals surface area contributed by atoms with E-state index >= 15 is 0 Å². The minimum atomic E-state index is -0.439. The van der Waals surface area contributed by atoms with Gasteiger partial charge in [-0.2, -0.15) is 5.10 Å². The Morgan fingerprint density at radius 2 is 2.03 bits per heavy atom. The summed E-state index contributed by atoms with van der Waals surface area (Å²) in [4.78, 5) is 12.9. The van der Waals surface area contributed by atoms with Gasteiger partial charge in [-0.1, -0.05) is 35.0 Å². The molecule has 7 nitrogen and oxygen atoms in total. The molecular formula is C24H22ClFN4O3. The van der Waals surface area contributed by atoms with Gasteiger partial charge in [0.25, 0.3) is 5.91 Å². The monoisotopic (exact) mass is 468 g/mol. The van der Waals surface area contributed by atoms with Gasteiger partial charge in [-0.15, -0.1) is 0 Å². The smallest absolute Gasteiger partial charge is 0.278 e. The molecule has 0 bridgehead atoms. The van der Waals surface area contributed by atoms with E-state index in [0.29, 0.717) is 34.1 Å². The highest BCUT2D eigenvalue weighted by atomic mass is 35.5. The number of nitrogens with one attached hydrogen (secondary N) is 1. The van der Waals surface area contributed by atoms with Crippen LogP contribution in [0.4, 0.5) is 10.1 Å². The van der Waals surface area contributed by atoms with E-state index in [-0.39, 0.29) is 12.3 Å². The van der Waals surface area contributed by atoms with Crippen LogP contribution in [0.2, 0.25) is 5.02 Å². The van der Waals surface area contributed by atoms with E-state index in [1.165, 1.54) is 18.3 Å². The minimum Gasteiger partial charge on any atom is -0.488 e. The van der Waals surface area contributed by atoms with E-state index in [1.807, 2.05) is 32.0 Å². The second-order valence-corrected chi connectivity index (χ2v) is 8.15. The molecule has 0 radical (unpaired) electrons. The van der Waals surface area contributed by atoms with Crippen molar-refractivity contribution >= 4 is 23.2 Å². The molecule has 0 aliphatic carbocycles. The molecule has 0 aliphatic rings. The van der Waals surface area contributed by atoms with E-state index in [0.717, 1.165) is 16.9 Å². The maximum absolute atomic E-state index is 13.2. The van der Waals surface area contributed by atoms with Gasteiger partial charge in [-0.05, 0) is 55.7 Å². The number of rotatable bonds is 7. The molecule has 2 aromatic heterocycles. The van der Waals surface area contributed by atoms with Crippen molar-refractivity contribution in [2.24, 2.45) is 0 Å². The number of anilines is 1. The Hall–Kier alpha value is -3.65. The molecule has 1 N–H and O–H groups in total. The van der Waals surface area contributed by atoms with Crippen LogP contribution in [-0.4, -0.2) is 20.8 Å². The fraction of sp³-hybridized carbons (Fsp3) is 0.208. The summed E-state index contributed by atoms with van der Waals surface area (Å²) in [6.45, 7) is 6.15. The van der Waals surface area contributed by atoms with Gasteiger partial charge in [-0.25, -0.2) is 4.39 Å². The first-order chi connectivity index (χ1) is 15.8. The van der Waals surface area contributed by atoms with Crippen LogP contribution < -0.4 is 10.1 Å². The van der Waals surface area contributed by atoms with Gasteiger partial charge < -0.3 is 14.6 Å². The van der Waals surface area contributed by atoms with E-state index in [1.54, 1.807) is 23.9 Å². The van der Waals surface area contributed by atoms with Crippen molar-refractivity contribution in [1.82, 2.24) is 14.9 Å². The number of amides is 1. The van der Waals surface area contributed by atoms with Crippen LogP contribution in [0.25, 0.3) is 0 Å². The number of hydrogen-bond acceptors (Lipinski definition) is 5. The number of aryl methyl sites for hydroxylation is 3. The van der Waals surface area contributed by atoms with Crippen molar-refractivity contribution in [3.05, 3.63) is 93.3 Å². The van der Waals surface area contributed by atoms with Crippen LogP contribution in [0, 0.1) is 26.6 Å². The summed E-state index contributed by atoms with van der Waals surface area (Å²) in [5, 5.41) is 11.2. The molecule has 0 spiro atoms. The highest BCUT2D eigenvalue weighted by Gasteiger charge is 2.21. The maximum Gasteiger partial charge on any atom is 0.278 e. The summed E-state index contributed by atoms with van der Waals surface area (Å²) in [6, 6.07) is 10.1. The zero-order valence-electron chi connectivity index (χ0n) is 18.4. The SMILES string of the molecule is Cc1ccc(C)c(OCc2c(C(=O)Nc3cnn(Cc4ccc(F)cc4Cl)c3)noc2C)c1. The Morgan fingerprint density at radius 1 is 1.21 bits per heavy atom. The Morgan fingerprint density at radius 3 is 2.82 bits per heavy atom. The minimum absolute atomic E-state index is 0.144. The molecular weight excluding hydrogens is 447 g/mol. The second-order valence-electron chi connectivity index (χ2n) is 7.74. The van der Waals surface area contributed by atoms with Crippen molar-refractivity contribution in [2.75, 3.05) is 5.32 Å². The number of benzene rings is 2. The van der Waals surface area contributed by atoms with Crippen LogP contribution in [0.3, 0.4) is 0 Å². The number of hydrogen-bond donors (Lipinski definition) is 1. The molecule has 33 heavy (non-hydrogen) atoms. The lowest BCUT2D eigenvalue weighted by atomic mass is 10.1. The Kier molecular flexibility index (Phi) is 6.46. The molecule has 0 saturated carbocycles. The average molecular weight is 469 g/mol. The number of carbonyl (C=O) groups excluding carboxylic acids is 1. The fourth-order valence-electron chi connectivity index (χ4n) is 3.28. The lowest BCUT2D eigenvalue weighted by Gasteiger charge is -2.10. The van der Waals surface area contributed by atoms with Crippen LogP contribution in [0.15, 0.2) is 53.3 Å². The summed E-state index contributed by atoms with van der Waals surface area (Å²) >= 11 is 6.08. The topological polar surface area (TPSA) is 82.2 Å². The number of nitrogens with zero attached hydrogens (tertiary/aromatic N) is 3. The summed E-state index contributed by atoms with van der Waals surface area (Å²) in [5.74, 6) is 0.401. The zero-order chi connectivity index (χ0) is 23.5. The van der Waals surface area contributed by atoms with E-state index in [2.05, 4.69) is 15.6 Å². The third-order valence-electron chi connectivity index (χ3n) is 5.15. The molecule has 2 heterocycles. The van der Waals surface area contributed by atoms with Gasteiger partial charge in [0.1, 0.15) is 23.9 Å². The van der Waals surface area contributed by atoms with Crippen molar-refractivity contribution in [3.63, 3.8) is 0 Å². The first kappa shape index (κ1) is 22.5. The highest BCUT2D eigenvalue weighted by molar-refractivity contribution is 6.31. The standard InChI is InChI=1S/C24H22ClFN4O3/c1-14-4-5-15(2)22(8-14)32-13-20-16(3)33-29-23(20)24(31)28-19-10-27-30(12-19)11-17-6-7-18(26)9-21(17)25/h4-10,12H,11,13H2,1-3H3,(H,28,31). The van der Waals surface area contributed by atoms with Crippen LogP contribution in [-0.2, 0) is 13.2 Å². The van der Waals surface area contributed by atoms with Crippen molar-refractivity contribution in [3.8, 4) is 5.75 Å². The molecule has 0 saturated heterocycles. The molecule has 4 rings (SSSR count). The largest absolute Gasteiger partial charge is 0.488 e. The summed E-state index contributed by atoms with van der Waals surface area (Å²) < 4.78 is 26.0. The lowest BCUT2D eigenvalue weighted by molar-refractivity contribution is 0.101. The molecule has 4 aromatic rings. The Balaban J connectivity index is 1.44. The van der Waals surface area contributed by atoms with Crippen molar-refractivity contribution in [1.29, 1.82) is 0 Å². The van der Waals surface area contributed by atoms with Crippen LogP contribution >= 0.6 is 11.6 Å².